The number of imidazole rings is 1. The van der Waals surface area contributed by atoms with Gasteiger partial charge in [-0.3, -0.25) is 9.59 Å². The van der Waals surface area contributed by atoms with Gasteiger partial charge in [-0.2, -0.15) is 11.8 Å². The normalized spacial score (nSPS) is 19.0. The Morgan fingerprint density at radius 1 is 1.46 bits per heavy atom. The predicted molar refractivity (Wildman–Crippen MR) is 95.7 cm³/mol. The molecule has 6 nitrogen and oxygen atoms in total. The number of amides is 2. The molecule has 1 aromatic heterocycles. The van der Waals surface area contributed by atoms with Crippen LogP contribution in [0.25, 0.3) is 11.0 Å². The van der Waals surface area contributed by atoms with E-state index in [1.54, 1.807) is 11.8 Å². The second-order valence-electron chi connectivity index (χ2n) is 6.02. The lowest BCUT2D eigenvalue weighted by Crippen LogP contribution is -2.44. The number of H-pyrrole nitrogens is 1. The number of hydrogen-bond acceptors (Lipinski definition) is 4. The molecule has 2 amide bonds. The Kier molecular flexibility index (Phi) is 5.40. The number of aromatic nitrogens is 2. The summed E-state index contributed by atoms with van der Waals surface area (Å²) in [7, 11) is 0. The Labute approximate surface area is 145 Å². The Balaban J connectivity index is 1.73. The molecule has 1 aliphatic rings. The molecule has 0 aliphatic carbocycles. The monoisotopic (exact) mass is 346 g/mol. The SMILES string of the molecule is CSCCC(NC(=O)C1CCC(=O)NC1)c1nc2ccccc2[nH]1. The molecule has 24 heavy (non-hydrogen) atoms. The summed E-state index contributed by atoms with van der Waals surface area (Å²) in [6.45, 7) is 0.417. The average molecular weight is 346 g/mol. The van der Waals surface area contributed by atoms with E-state index in [1.807, 2.05) is 30.5 Å². The first-order valence-corrected chi connectivity index (χ1v) is 9.57. The van der Waals surface area contributed by atoms with Gasteiger partial charge in [0, 0.05) is 13.0 Å². The number of nitrogens with zero attached hydrogens (tertiary/aromatic N) is 1. The summed E-state index contributed by atoms with van der Waals surface area (Å²) in [4.78, 5) is 31.8. The van der Waals surface area contributed by atoms with Crippen molar-refractivity contribution in [3.05, 3.63) is 30.1 Å². The van der Waals surface area contributed by atoms with Crippen LogP contribution in [0.5, 0.6) is 0 Å². The molecule has 2 atom stereocenters. The van der Waals surface area contributed by atoms with Crippen molar-refractivity contribution in [2.24, 2.45) is 5.92 Å². The topological polar surface area (TPSA) is 86.9 Å². The van der Waals surface area contributed by atoms with Gasteiger partial charge in [-0.1, -0.05) is 12.1 Å². The highest BCUT2D eigenvalue weighted by Crippen LogP contribution is 2.21. The van der Waals surface area contributed by atoms with Crippen molar-refractivity contribution in [3.8, 4) is 0 Å². The van der Waals surface area contributed by atoms with Crippen LogP contribution in [0.2, 0.25) is 0 Å². The number of benzene rings is 1. The van der Waals surface area contributed by atoms with Crippen LogP contribution < -0.4 is 10.6 Å². The summed E-state index contributed by atoms with van der Waals surface area (Å²) in [5.41, 5.74) is 1.88. The van der Waals surface area contributed by atoms with Crippen molar-refractivity contribution in [3.63, 3.8) is 0 Å². The molecule has 3 rings (SSSR count). The fraction of sp³-hybridized carbons (Fsp3) is 0.471. The molecular weight excluding hydrogens is 324 g/mol. The first-order chi connectivity index (χ1) is 11.7. The van der Waals surface area contributed by atoms with Gasteiger partial charge in [0.2, 0.25) is 11.8 Å². The summed E-state index contributed by atoms with van der Waals surface area (Å²) < 4.78 is 0. The van der Waals surface area contributed by atoms with Crippen molar-refractivity contribution >= 4 is 34.6 Å². The zero-order valence-electron chi connectivity index (χ0n) is 13.7. The Bertz CT molecular complexity index is 687. The largest absolute Gasteiger partial charge is 0.355 e. The number of aromatic amines is 1. The lowest BCUT2D eigenvalue weighted by atomic mass is 9.98. The van der Waals surface area contributed by atoms with E-state index >= 15 is 0 Å². The van der Waals surface area contributed by atoms with Crippen LogP contribution in [-0.4, -0.2) is 40.3 Å². The molecule has 7 heteroatoms. The first-order valence-electron chi connectivity index (χ1n) is 8.18. The number of para-hydroxylation sites is 2. The van der Waals surface area contributed by atoms with Gasteiger partial charge in [0.1, 0.15) is 5.82 Å². The standard InChI is InChI=1S/C17H22N4O2S/c1-24-9-8-14(16-19-12-4-2-3-5-13(12)20-16)21-17(23)11-6-7-15(22)18-10-11/h2-5,11,14H,6-10H2,1H3,(H,18,22)(H,19,20)(H,21,23). The fourth-order valence-corrected chi connectivity index (χ4v) is 3.37. The number of carbonyl (C=O) groups excluding carboxylic acids is 2. The number of thioether (sulfide) groups is 1. The van der Waals surface area contributed by atoms with Crippen LogP contribution in [0.3, 0.4) is 0 Å². The van der Waals surface area contributed by atoms with Crippen molar-refractivity contribution in [1.29, 1.82) is 0 Å². The number of rotatable bonds is 6. The summed E-state index contributed by atoms with van der Waals surface area (Å²) >= 11 is 1.74. The number of fused-ring (bicyclic) bond motifs is 1. The fourth-order valence-electron chi connectivity index (χ4n) is 2.90. The molecule has 2 unspecified atom stereocenters. The van der Waals surface area contributed by atoms with Gasteiger partial charge in [0.05, 0.1) is 23.0 Å². The van der Waals surface area contributed by atoms with Crippen LogP contribution in [0.1, 0.15) is 31.1 Å². The van der Waals surface area contributed by atoms with Crippen molar-refractivity contribution < 1.29 is 9.59 Å². The van der Waals surface area contributed by atoms with E-state index in [9.17, 15) is 9.59 Å². The number of carbonyl (C=O) groups is 2. The highest BCUT2D eigenvalue weighted by Gasteiger charge is 2.27. The third-order valence-corrected chi connectivity index (χ3v) is 4.95. The Morgan fingerprint density at radius 2 is 2.29 bits per heavy atom. The van der Waals surface area contributed by atoms with E-state index in [1.165, 1.54) is 0 Å². The average Bonchev–Trinajstić information content (AvgIpc) is 3.03. The lowest BCUT2D eigenvalue weighted by molar-refractivity contribution is -0.129. The summed E-state index contributed by atoms with van der Waals surface area (Å²) in [5.74, 6) is 1.57. The van der Waals surface area contributed by atoms with Crippen LogP contribution in [0.4, 0.5) is 0 Å². The summed E-state index contributed by atoms with van der Waals surface area (Å²) in [6.07, 6.45) is 3.88. The molecule has 0 radical (unpaired) electrons. The predicted octanol–water partition coefficient (Wildman–Crippen LogP) is 2.00. The lowest BCUT2D eigenvalue weighted by Gasteiger charge is -2.24. The molecule has 1 aliphatic heterocycles. The summed E-state index contributed by atoms with van der Waals surface area (Å²) in [5, 5.41) is 5.88. The number of piperidine rings is 1. The smallest absolute Gasteiger partial charge is 0.225 e. The second kappa shape index (κ2) is 7.70. The van der Waals surface area contributed by atoms with E-state index in [-0.39, 0.29) is 23.8 Å². The molecule has 0 spiro atoms. The third-order valence-electron chi connectivity index (χ3n) is 4.30. The number of hydrogen-bond donors (Lipinski definition) is 3. The van der Waals surface area contributed by atoms with E-state index in [0.29, 0.717) is 19.4 Å². The zero-order valence-corrected chi connectivity index (χ0v) is 14.5. The van der Waals surface area contributed by atoms with Crippen LogP contribution in [0.15, 0.2) is 24.3 Å². The van der Waals surface area contributed by atoms with Crippen LogP contribution >= 0.6 is 11.8 Å². The molecule has 1 fully saturated rings. The highest BCUT2D eigenvalue weighted by atomic mass is 32.2. The van der Waals surface area contributed by atoms with Gasteiger partial charge in [-0.05, 0) is 37.0 Å². The molecule has 2 aromatic rings. The summed E-state index contributed by atoms with van der Waals surface area (Å²) in [6, 6.07) is 7.71. The molecule has 0 bridgehead atoms. The maximum Gasteiger partial charge on any atom is 0.225 e. The van der Waals surface area contributed by atoms with E-state index < -0.39 is 0 Å². The maximum absolute atomic E-state index is 12.6. The zero-order chi connectivity index (χ0) is 16.9. The van der Waals surface area contributed by atoms with E-state index in [2.05, 4.69) is 20.6 Å². The van der Waals surface area contributed by atoms with Crippen LogP contribution in [-0.2, 0) is 9.59 Å². The van der Waals surface area contributed by atoms with Gasteiger partial charge in [-0.15, -0.1) is 0 Å². The highest BCUT2D eigenvalue weighted by molar-refractivity contribution is 7.98. The Hall–Kier alpha value is -2.02. The molecule has 0 saturated carbocycles. The van der Waals surface area contributed by atoms with Gasteiger partial charge in [0.25, 0.3) is 0 Å². The minimum Gasteiger partial charge on any atom is -0.355 e. The molecular formula is C17H22N4O2S. The first kappa shape index (κ1) is 16.8. The number of nitrogens with one attached hydrogen (secondary N) is 3. The van der Waals surface area contributed by atoms with Crippen molar-refractivity contribution in [2.75, 3.05) is 18.6 Å². The van der Waals surface area contributed by atoms with Gasteiger partial charge in [-0.25, -0.2) is 4.98 Å². The van der Waals surface area contributed by atoms with E-state index in [4.69, 9.17) is 0 Å². The van der Waals surface area contributed by atoms with Crippen LogP contribution in [0, 0.1) is 5.92 Å². The van der Waals surface area contributed by atoms with Gasteiger partial charge < -0.3 is 15.6 Å². The van der Waals surface area contributed by atoms with Crippen molar-refractivity contribution in [2.45, 2.75) is 25.3 Å². The minimum absolute atomic E-state index is 0.0124. The van der Waals surface area contributed by atoms with Gasteiger partial charge >= 0.3 is 0 Å². The van der Waals surface area contributed by atoms with Crippen molar-refractivity contribution in [1.82, 2.24) is 20.6 Å². The third kappa shape index (κ3) is 3.90. The maximum atomic E-state index is 12.6. The van der Waals surface area contributed by atoms with Gasteiger partial charge in [0.15, 0.2) is 0 Å². The molecule has 1 aromatic carbocycles. The van der Waals surface area contributed by atoms with E-state index in [0.717, 1.165) is 29.0 Å². The molecule has 1 saturated heterocycles. The molecule has 3 N–H and O–H groups in total. The quantitative estimate of drug-likeness (QED) is 0.747. The second-order valence-corrected chi connectivity index (χ2v) is 7.01. The molecule has 2 heterocycles. The minimum atomic E-state index is -0.163. The Morgan fingerprint density at radius 3 is 3.00 bits per heavy atom. The molecule has 128 valence electrons.